The van der Waals surface area contributed by atoms with Crippen molar-refractivity contribution in [1.82, 2.24) is 4.98 Å². The molecular weight excluding hydrogens is 264 g/mol. The van der Waals surface area contributed by atoms with Crippen molar-refractivity contribution < 1.29 is 9.47 Å². The van der Waals surface area contributed by atoms with E-state index in [1.807, 2.05) is 42.5 Å². The minimum atomic E-state index is 0.636. The molecule has 21 heavy (non-hydrogen) atoms. The second kappa shape index (κ2) is 5.71. The Morgan fingerprint density at radius 1 is 0.952 bits per heavy atom. The first-order valence-electron chi connectivity index (χ1n) is 6.64. The van der Waals surface area contributed by atoms with E-state index >= 15 is 0 Å². The van der Waals surface area contributed by atoms with Crippen LogP contribution >= 0.6 is 0 Å². The summed E-state index contributed by atoms with van der Waals surface area (Å²) in [5, 5.41) is 5.43. The monoisotopic (exact) mass is 280 g/mol. The Bertz CT molecular complexity index is 772. The predicted molar refractivity (Wildman–Crippen MR) is 84.6 cm³/mol. The summed E-state index contributed by atoms with van der Waals surface area (Å²) in [5.74, 6) is 1.45. The summed E-state index contributed by atoms with van der Waals surface area (Å²) < 4.78 is 10.6. The van der Waals surface area contributed by atoms with Crippen molar-refractivity contribution in [2.75, 3.05) is 19.5 Å². The van der Waals surface area contributed by atoms with Gasteiger partial charge in [-0.25, -0.2) is 4.98 Å². The zero-order chi connectivity index (χ0) is 14.7. The van der Waals surface area contributed by atoms with Crippen molar-refractivity contribution >= 4 is 22.1 Å². The van der Waals surface area contributed by atoms with Crippen LogP contribution in [0.25, 0.3) is 10.8 Å². The number of aromatic nitrogens is 1. The Morgan fingerprint density at radius 3 is 2.62 bits per heavy atom. The largest absolute Gasteiger partial charge is 0.495 e. The Kier molecular flexibility index (Phi) is 3.60. The molecule has 0 saturated heterocycles. The van der Waals surface area contributed by atoms with Crippen LogP contribution in [0.1, 0.15) is 0 Å². The second-order valence-electron chi connectivity index (χ2n) is 4.58. The number of rotatable bonds is 4. The van der Waals surface area contributed by atoms with Crippen molar-refractivity contribution in [2.24, 2.45) is 0 Å². The highest BCUT2D eigenvalue weighted by molar-refractivity contribution is 5.90. The molecule has 1 aromatic heterocycles. The number of para-hydroxylation sites is 2. The molecule has 0 aliphatic heterocycles. The lowest BCUT2D eigenvalue weighted by molar-refractivity contribution is 0.403. The van der Waals surface area contributed by atoms with E-state index in [9.17, 15) is 0 Å². The lowest BCUT2D eigenvalue weighted by atomic mass is 10.1. The van der Waals surface area contributed by atoms with Gasteiger partial charge in [-0.1, -0.05) is 12.1 Å². The van der Waals surface area contributed by atoms with E-state index in [0.717, 1.165) is 27.9 Å². The highest BCUT2D eigenvalue weighted by atomic mass is 16.5. The van der Waals surface area contributed by atoms with Gasteiger partial charge in [0.1, 0.15) is 5.75 Å². The summed E-state index contributed by atoms with van der Waals surface area (Å²) >= 11 is 0. The predicted octanol–water partition coefficient (Wildman–Crippen LogP) is 4.00. The molecule has 0 atom stereocenters. The van der Waals surface area contributed by atoms with Crippen LogP contribution in [0, 0.1) is 0 Å². The zero-order valence-corrected chi connectivity index (χ0v) is 12.0. The summed E-state index contributed by atoms with van der Waals surface area (Å²) in [5.41, 5.74) is 1.92. The van der Waals surface area contributed by atoms with Crippen molar-refractivity contribution in [2.45, 2.75) is 0 Å². The molecule has 0 unspecified atom stereocenters. The van der Waals surface area contributed by atoms with Crippen LogP contribution in [0.5, 0.6) is 11.6 Å². The number of nitrogens with zero attached hydrogens (tertiary/aromatic N) is 1. The van der Waals surface area contributed by atoms with E-state index in [-0.39, 0.29) is 0 Å². The molecule has 4 heteroatoms. The Morgan fingerprint density at radius 2 is 1.81 bits per heavy atom. The number of fused-ring (bicyclic) bond motifs is 1. The van der Waals surface area contributed by atoms with Crippen LogP contribution in [0.4, 0.5) is 11.4 Å². The Labute approximate surface area is 123 Å². The molecule has 3 rings (SSSR count). The van der Waals surface area contributed by atoms with Crippen molar-refractivity contribution in [3.8, 4) is 11.6 Å². The molecular formula is C17H16N2O2. The highest BCUT2D eigenvalue weighted by Crippen LogP contribution is 2.30. The number of hydrogen-bond donors (Lipinski definition) is 1. The molecule has 0 radical (unpaired) electrons. The molecule has 2 aromatic carbocycles. The fraction of sp³-hybridized carbons (Fsp3) is 0.118. The van der Waals surface area contributed by atoms with Gasteiger partial charge in [0.05, 0.1) is 19.9 Å². The van der Waals surface area contributed by atoms with Crippen LogP contribution in [-0.4, -0.2) is 19.2 Å². The average Bonchev–Trinajstić information content (AvgIpc) is 2.54. The molecule has 106 valence electrons. The third kappa shape index (κ3) is 2.60. The lowest BCUT2D eigenvalue weighted by Crippen LogP contribution is -1.95. The van der Waals surface area contributed by atoms with E-state index in [4.69, 9.17) is 9.47 Å². The van der Waals surface area contributed by atoms with Gasteiger partial charge in [0, 0.05) is 17.3 Å². The summed E-state index contributed by atoms with van der Waals surface area (Å²) in [7, 11) is 3.29. The van der Waals surface area contributed by atoms with Crippen LogP contribution in [0.2, 0.25) is 0 Å². The third-order valence-corrected chi connectivity index (χ3v) is 3.31. The third-order valence-electron chi connectivity index (χ3n) is 3.31. The molecule has 3 aromatic rings. The number of nitrogens with one attached hydrogen (secondary N) is 1. The van der Waals surface area contributed by atoms with Crippen LogP contribution < -0.4 is 14.8 Å². The molecule has 0 fully saturated rings. The number of benzene rings is 2. The molecule has 4 nitrogen and oxygen atoms in total. The van der Waals surface area contributed by atoms with Gasteiger partial charge >= 0.3 is 0 Å². The van der Waals surface area contributed by atoms with Crippen LogP contribution in [0.3, 0.4) is 0 Å². The number of methoxy groups -OCH3 is 2. The van der Waals surface area contributed by atoms with E-state index in [0.29, 0.717) is 5.88 Å². The van der Waals surface area contributed by atoms with E-state index in [1.54, 1.807) is 20.4 Å². The molecule has 0 aliphatic rings. The maximum absolute atomic E-state index is 5.35. The van der Waals surface area contributed by atoms with Gasteiger partial charge in [-0.3, -0.25) is 0 Å². The van der Waals surface area contributed by atoms with Gasteiger partial charge in [-0.15, -0.1) is 0 Å². The first-order valence-corrected chi connectivity index (χ1v) is 6.64. The fourth-order valence-electron chi connectivity index (χ4n) is 2.29. The number of ether oxygens (including phenoxy) is 2. The summed E-state index contributed by atoms with van der Waals surface area (Å²) in [6.07, 6.45) is 1.74. The minimum Gasteiger partial charge on any atom is -0.495 e. The van der Waals surface area contributed by atoms with E-state index < -0.39 is 0 Å². The lowest BCUT2D eigenvalue weighted by Gasteiger charge is -2.12. The van der Waals surface area contributed by atoms with Gasteiger partial charge < -0.3 is 14.8 Å². The summed E-state index contributed by atoms with van der Waals surface area (Å²) in [6, 6.07) is 15.8. The average molecular weight is 280 g/mol. The van der Waals surface area contributed by atoms with Crippen LogP contribution in [-0.2, 0) is 0 Å². The molecule has 0 aliphatic carbocycles. The SMILES string of the molecule is COc1ccccc1Nc1ccc2c(OC)nccc2c1. The molecule has 0 bridgehead atoms. The first-order chi connectivity index (χ1) is 10.3. The first kappa shape index (κ1) is 13.2. The van der Waals surface area contributed by atoms with Crippen molar-refractivity contribution in [1.29, 1.82) is 0 Å². The Balaban J connectivity index is 1.98. The number of anilines is 2. The summed E-state index contributed by atoms with van der Waals surface area (Å²) in [4.78, 5) is 4.20. The van der Waals surface area contributed by atoms with Gasteiger partial charge in [0.2, 0.25) is 5.88 Å². The van der Waals surface area contributed by atoms with E-state index in [1.165, 1.54) is 0 Å². The standard InChI is InChI=1S/C17H16N2O2/c1-20-16-6-4-3-5-15(16)19-13-7-8-14-12(11-13)9-10-18-17(14)21-2/h3-11,19H,1-2H3. The maximum Gasteiger partial charge on any atom is 0.221 e. The minimum absolute atomic E-state index is 0.636. The van der Waals surface area contributed by atoms with Crippen molar-refractivity contribution in [3.05, 3.63) is 54.7 Å². The Hall–Kier alpha value is -2.75. The number of hydrogen-bond acceptors (Lipinski definition) is 4. The fourth-order valence-corrected chi connectivity index (χ4v) is 2.29. The second-order valence-corrected chi connectivity index (χ2v) is 4.58. The molecule has 0 amide bonds. The van der Waals surface area contributed by atoms with Crippen LogP contribution in [0.15, 0.2) is 54.7 Å². The van der Waals surface area contributed by atoms with Gasteiger partial charge in [0.15, 0.2) is 0 Å². The maximum atomic E-state index is 5.35. The molecule has 1 heterocycles. The molecule has 0 spiro atoms. The molecule has 1 N–H and O–H groups in total. The topological polar surface area (TPSA) is 43.4 Å². The highest BCUT2D eigenvalue weighted by Gasteiger charge is 2.05. The summed E-state index contributed by atoms with van der Waals surface area (Å²) in [6.45, 7) is 0. The van der Waals surface area contributed by atoms with Gasteiger partial charge in [-0.2, -0.15) is 0 Å². The van der Waals surface area contributed by atoms with Crippen molar-refractivity contribution in [3.63, 3.8) is 0 Å². The normalized spacial score (nSPS) is 10.4. The van der Waals surface area contributed by atoms with Gasteiger partial charge in [0.25, 0.3) is 0 Å². The zero-order valence-electron chi connectivity index (χ0n) is 12.0. The smallest absolute Gasteiger partial charge is 0.221 e. The molecule has 0 saturated carbocycles. The van der Waals surface area contributed by atoms with E-state index in [2.05, 4.69) is 16.4 Å². The quantitative estimate of drug-likeness (QED) is 0.784. The number of pyridine rings is 1. The van der Waals surface area contributed by atoms with Gasteiger partial charge in [-0.05, 0) is 41.8 Å².